The number of phosphoric acid groups is 5. The van der Waals surface area contributed by atoms with Crippen molar-refractivity contribution in [3.05, 3.63) is 34.6 Å². The van der Waals surface area contributed by atoms with Gasteiger partial charge in [-0.2, -0.15) is 4.98 Å². The zero-order valence-electron chi connectivity index (χ0n) is 44.9. The zero-order valence-corrected chi connectivity index (χ0v) is 49.4. The van der Waals surface area contributed by atoms with Gasteiger partial charge in [0.25, 0.3) is 5.91 Å². The number of hydrogen-bond acceptors (Lipinski definition) is 26. The van der Waals surface area contributed by atoms with Gasteiger partial charge in [-0.1, -0.05) is 0 Å². The fraction of sp³-hybridized carbons (Fsp3) is 0.786. The van der Waals surface area contributed by atoms with Crippen molar-refractivity contribution < 1.29 is 131 Å². The minimum absolute atomic E-state index is 0.00358. The lowest BCUT2D eigenvalue weighted by Crippen LogP contribution is -2.40. The van der Waals surface area contributed by atoms with Crippen LogP contribution in [-0.2, 0) is 102 Å². The molecule has 19 atom stereocenters. The first-order valence-corrected chi connectivity index (χ1v) is 33.1. The smallest absolute Gasteiger partial charge is 0.472 e. The molecule has 6 rings (SSSR count). The Labute approximate surface area is 469 Å². The lowest BCUT2D eigenvalue weighted by Gasteiger charge is -2.26. The number of carbonyl (C=O) groups excluding carboxylic acids is 2. The summed E-state index contributed by atoms with van der Waals surface area (Å²) < 4.78 is 147. The third-order valence-electron chi connectivity index (χ3n) is 12.7. The van der Waals surface area contributed by atoms with E-state index >= 15 is 0 Å². The van der Waals surface area contributed by atoms with E-state index in [4.69, 9.17) is 75.8 Å². The number of allylic oxidation sites excluding steroid dienone is 1. The number of phosphoric ester groups is 5. The fourth-order valence-electron chi connectivity index (χ4n) is 9.22. The molecular weight excluding hydrogens is 1210 g/mol. The molecule has 5 aliphatic heterocycles. The average molecular weight is 1280 g/mol. The number of nitrogen functional groups attached to an aromatic ring is 1. The summed E-state index contributed by atoms with van der Waals surface area (Å²) in [5.74, 6) is -1.80. The van der Waals surface area contributed by atoms with E-state index in [1.807, 2.05) is 0 Å². The van der Waals surface area contributed by atoms with Crippen LogP contribution in [0, 0.1) is 5.41 Å². The summed E-state index contributed by atoms with van der Waals surface area (Å²) in [6, 6.07) is 1.31. The molecular formula is C42H71N6O29P5. The molecule has 11 N–H and O–H groups in total. The van der Waals surface area contributed by atoms with Crippen molar-refractivity contribution in [2.75, 3.05) is 51.9 Å². The molecule has 5 fully saturated rings. The van der Waals surface area contributed by atoms with Crippen LogP contribution in [0.15, 0.2) is 28.9 Å². The monoisotopic (exact) mass is 1280 g/mol. The molecule has 5 saturated heterocycles. The second-order valence-electron chi connectivity index (χ2n) is 19.6. The minimum Gasteiger partial charge on any atom is -0.482 e. The number of aromatic nitrogens is 2. The molecule has 19 unspecified atom stereocenters. The van der Waals surface area contributed by atoms with Gasteiger partial charge in [-0.05, 0) is 40.2 Å². The summed E-state index contributed by atoms with van der Waals surface area (Å²) in [4.78, 5) is 102. The first-order chi connectivity index (χ1) is 38.3. The molecule has 1 aromatic heterocycles. The number of carbonyl (C=O) groups is 2. The molecule has 0 radical (unpaired) electrons. The zero-order chi connectivity index (χ0) is 60.4. The highest BCUT2D eigenvalue weighted by Gasteiger charge is 2.47. The number of ether oxygens (including phenoxy) is 6. The lowest BCUT2D eigenvalue weighted by molar-refractivity contribution is -0.124. The normalized spacial score (nSPS) is 33.5. The van der Waals surface area contributed by atoms with E-state index in [-0.39, 0.29) is 69.9 Å². The summed E-state index contributed by atoms with van der Waals surface area (Å²) in [6.07, 6.45) is -12.2. The van der Waals surface area contributed by atoms with Gasteiger partial charge in [-0.25, -0.2) is 27.6 Å². The highest BCUT2D eigenvalue weighted by molar-refractivity contribution is 7.48. The van der Waals surface area contributed by atoms with Crippen molar-refractivity contribution in [2.24, 2.45) is 0 Å². The van der Waals surface area contributed by atoms with Crippen LogP contribution in [0.25, 0.3) is 0 Å². The van der Waals surface area contributed by atoms with Gasteiger partial charge in [-0.15, -0.1) is 0 Å². The van der Waals surface area contributed by atoms with Crippen molar-refractivity contribution in [3.63, 3.8) is 0 Å². The molecule has 468 valence electrons. The first-order valence-electron chi connectivity index (χ1n) is 25.6. The number of nitrogens with zero attached hydrogens (tertiary/aromatic N) is 2. The van der Waals surface area contributed by atoms with Crippen LogP contribution >= 0.6 is 39.1 Å². The quantitative estimate of drug-likeness (QED) is 0.0161. The molecule has 0 spiro atoms. The molecule has 2 amide bonds. The number of rotatable bonds is 32. The highest BCUT2D eigenvalue weighted by atomic mass is 31.2. The second-order valence-corrected chi connectivity index (χ2v) is 26.5. The Morgan fingerprint density at radius 2 is 1.09 bits per heavy atom. The van der Waals surface area contributed by atoms with E-state index in [0.29, 0.717) is 6.21 Å². The number of nitrogens with two attached hydrogens (primary N) is 1. The summed E-state index contributed by atoms with van der Waals surface area (Å²) in [5.41, 5.74) is 4.77. The van der Waals surface area contributed by atoms with Crippen LogP contribution in [0.5, 0.6) is 0 Å². The number of anilines is 1. The van der Waals surface area contributed by atoms with Crippen LogP contribution in [0.1, 0.15) is 79.4 Å². The molecule has 82 heavy (non-hydrogen) atoms. The summed E-state index contributed by atoms with van der Waals surface area (Å²) in [6.45, 7) is 4.56. The van der Waals surface area contributed by atoms with E-state index in [9.17, 15) is 66.6 Å². The lowest BCUT2D eigenvalue weighted by atomic mass is 10.1. The van der Waals surface area contributed by atoms with Crippen molar-refractivity contribution in [2.45, 2.75) is 165 Å². The van der Waals surface area contributed by atoms with E-state index < -0.39 is 175 Å². The standard InChI is InChI=1S/C42H71N6O29P5/c1-23-13-30(34(68-23)18-46-41(50)28(7-9-43)72-29-17-40(48-11-8-39(44)47-42(48)51)73-35(29)19-64-78(52,53)54)74-80(57,58)65-21-37-32(15-25(3)70-37)76-82(61,62)67-22-38-33(16-26(4)71-38)77-81(59,60)66-20-36-31(14-24(2)69-36)75-79(55,56)63-12-6-10-45-27(5)49/h7-9,11,23-26,29-38,40,43H,6,10,12-22H2,1-5H3,(H,45,49)(H,46,50)(H,55,56)(H,57,58)(H,59,60)(H,61,62)(H2,44,47,51)(H2,52,53,54)/b28-7+,43-9?. The molecule has 0 aromatic carbocycles. The number of nitrogens with one attached hydrogen (secondary N) is 3. The number of amides is 2. The van der Waals surface area contributed by atoms with Gasteiger partial charge in [0.1, 0.15) is 67.0 Å². The summed E-state index contributed by atoms with van der Waals surface area (Å²) in [7, 11) is -24.7. The van der Waals surface area contributed by atoms with Crippen molar-refractivity contribution in [3.8, 4) is 0 Å². The van der Waals surface area contributed by atoms with E-state index in [2.05, 4.69) is 20.1 Å². The van der Waals surface area contributed by atoms with Gasteiger partial charge in [0, 0.05) is 70.6 Å². The Hall–Kier alpha value is -2.82. The highest BCUT2D eigenvalue weighted by Crippen LogP contribution is 2.53. The van der Waals surface area contributed by atoms with Gasteiger partial charge >= 0.3 is 44.8 Å². The molecule has 0 saturated carbocycles. The van der Waals surface area contributed by atoms with Gasteiger partial charge in [0.15, 0.2) is 5.76 Å². The Kier molecular flexibility index (Phi) is 24.8. The molecule has 0 bridgehead atoms. The van der Waals surface area contributed by atoms with Gasteiger partial charge in [0.05, 0.1) is 63.6 Å². The van der Waals surface area contributed by atoms with Gasteiger partial charge in [0.2, 0.25) is 5.91 Å². The maximum Gasteiger partial charge on any atom is 0.472 e. The first kappa shape index (κ1) is 68.3. The third-order valence-corrected chi connectivity index (χ3v) is 17.3. The summed E-state index contributed by atoms with van der Waals surface area (Å²) >= 11 is 0. The largest absolute Gasteiger partial charge is 0.482 e. The average Bonchev–Trinajstić information content (AvgIpc) is 4.35. The fourth-order valence-corrected chi connectivity index (χ4v) is 13.4. The van der Waals surface area contributed by atoms with Crippen LogP contribution in [-0.4, -0.2) is 189 Å². The molecule has 5 aliphatic rings. The van der Waals surface area contributed by atoms with Crippen molar-refractivity contribution in [1.29, 1.82) is 5.41 Å². The Morgan fingerprint density at radius 3 is 1.52 bits per heavy atom. The molecule has 40 heteroatoms. The van der Waals surface area contributed by atoms with E-state index in [1.54, 1.807) is 27.7 Å². The molecule has 1 aromatic rings. The topological polar surface area (TPSA) is 488 Å². The van der Waals surface area contributed by atoms with Gasteiger partial charge in [-0.3, -0.25) is 54.9 Å². The third kappa shape index (κ3) is 21.8. The van der Waals surface area contributed by atoms with Gasteiger partial charge < -0.3 is 79.6 Å². The SMILES string of the molecule is CC(=O)NCCCOP(=O)(O)OC1CC(C)OC1COP(=O)(O)OC1CC(C)OC1COP(=O)(O)OC1CC(C)OC1COP(=O)(O)OC1CC(C)OC1CNC(=O)/C(=C\C=N)OC1CC(n2ccc(N)nc2=O)OC1COP(=O)(O)O. The predicted molar refractivity (Wildman–Crippen MR) is 276 cm³/mol. The Balaban J connectivity index is 0.968. The van der Waals surface area contributed by atoms with Crippen LogP contribution in [0.4, 0.5) is 5.82 Å². The Bertz CT molecular complexity index is 2690. The Morgan fingerprint density at radius 1 is 0.659 bits per heavy atom. The molecule has 35 nitrogen and oxygen atoms in total. The minimum atomic E-state index is -5.03. The van der Waals surface area contributed by atoms with E-state index in [0.717, 1.165) is 10.6 Å². The molecule has 0 aliphatic carbocycles. The van der Waals surface area contributed by atoms with Crippen LogP contribution in [0.2, 0.25) is 0 Å². The predicted octanol–water partition coefficient (Wildman–Crippen LogP) is 1.50. The van der Waals surface area contributed by atoms with Crippen molar-refractivity contribution in [1.82, 2.24) is 20.2 Å². The maximum atomic E-state index is 13.5. The van der Waals surface area contributed by atoms with Crippen molar-refractivity contribution >= 4 is 63.0 Å². The number of hydrogen-bond donors (Lipinski definition) is 10. The summed E-state index contributed by atoms with van der Waals surface area (Å²) in [5, 5.41) is 12.7. The van der Waals surface area contributed by atoms with E-state index in [1.165, 1.54) is 19.2 Å². The maximum absolute atomic E-state index is 13.5. The molecule has 6 heterocycles. The second kappa shape index (κ2) is 29.7. The van der Waals surface area contributed by atoms with Crippen LogP contribution < -0.4 is 22.1 Å². The van der Waals surface area contributed by atoms with Crippen LogP contribution in [0.3, 0.4) is 0 Å².